The Bertz CT molecular complexity index is 505. The first kappa shape index (κ1) is 15.9. The van der Waals surface area contributed by atoms with Crippen molar-refractivity contribution in [1.82, 2.24) is 9.88 Å². The van der Waals surface area contributed by atoms with Crippen LogP contribution < -0.4 is 0 Å². The minimum atomic E-state index is -0.710. The third kappa shape index (κ3) is 3.40. The van der Waals surface area contributed by atoms with Crippen molar-refractivity contribution in [3.63, 3.8) is 0 Å². The van der Waals surface area contributed by atoms with Crippen molar-refractivity contribution in [1.29, 1.82) is 0 Å². The first-order valence-electron chi connectivity index (χ1n) is 7.56. The van der Waals surface area contributed by atoms with E-state index in [1.807, 2.05) is 13.8 Å². The second-order valence-corrected chi connectivity index (χ2v) is 6.02. The van der Waals surface area contributed by atoms with Crippen LogP contribution in [0.4, 0.5) is 4.39 Å². The minimum absolute atomic E-state index is 0.0240. The molecule has 1 aliphatic heterocycles. The van der Waals surface area contributed by atoms with Crippen LogP contribution in [-0.2, 0) is 4.79 Å². The second kappa shape index (κ2) is 6.52. The number of nitrogens with zero attached hydrogens (tertiary/aromatic N) is 2. The SMILES string of the molecule is CCCC1(C(=O)O)CCCN(C(C)c2cncc(F)c2)C1. The largest absolute Gasteiger partial charge is 0.481 e. The quantitative estimate of drug-likeness (QED) is 0.905. The molecule has 0 bridgehead atoms. The average molecular weight is 294 g/mol. The molecular weight excluding hydrogens is 271 g/mol. The van der Waals surface area contributed by atoms with E-state index in [9.17, 15) is 14.3 Å². The van der Waals surface area contributed by atoms with Crippen LogP contribution in [0, 0.1) is 11.2 Å². The Kier molecular flexibility index (Phi) is 4.93. The lowest BCUT2D eigenvalue weighted by Gasteiger charge is -2.42. The Morgan fingerprint density at radius 2 is 2.33 bits per heavy atom. The molecule has 2 rings (SSSR count). The van der Waals surface area contributed by atoms with Gasteiger partial charge < -0.3 is 5.11 Å². The summed E-state index contributed by atoms with van der Waals surface area (Å²) < 4.78 is 13.3. The molecule has 2 unspecified atom stereocenters. The average Bonchev–Trinajstić information content (AvgIpc) is 2.47. The number of halogens is 1. The van der Waals surface area contributed by atoms with Crippen LogP contribution in [0.15, 0.2) is 18.5 Å². The predicted molar refractivity (Wildman–Crippen MR) is 78.4 cm³/mol. The Balaban J connectivity index is 2.18. The van der Waals surface area contributed by atoms with Gasteiger partial charge in [-0.3, -0.25) is 14.7 Å². The van der Waals surface area contributed by atoms with Crippen molar-refractivity contribution in [2.24, 2.45) is 5.41 Å². The van der Waals surface area contributed by atoms with Crippen LogP contribution >= 0.6 is 0 Å². The molecule has 1 saturated heterocycles. The monoisotopic (exact) mass is 294 g/mol. The highest BCUT2D eigenvalue weighted by molar-refractivity contribution is 5.75. The van der Waals surface area contributed by atoms with Gasteiger partial charge in [-0.25, -0.2) is 4.39 Å². The summed E-state index contributed by atoms with van der Waals surface area (Å²) in [7, 11) is 0. The van der Waals surface area contributed by atoms with Gasteiger partial charge in [0.25, 0.3) is 0 Å². The fourth-order valence-corrected chi connectivity index (χ4v) is 3.33. The van der Waals surface area contributed by atoms with Gasteiger partial charge in [-0.15, -0.1) is 0 Å². The van der Waals surface area contributed by atoms with E-state index in [1.165, 1.54) is 12.3 Å². The van der Waals surface area contributed by atoms with Gasteiger partial charge in [0.15, 0.2) is 0 Å². The number of hydrogen-bond acceptors (Lipinski definition) is 3. The van der Waals surface area contributed by atoms with E-state index < -0.39 is 11.4 Å². The normalized spacial score (nSPS) is 24.7. The van der Waals surface area contributed by atoms with Gasteiger partial charge in [-0.1, -0.05) is 13.3 Å². The van der Waals surface area contributed by atoms with Gasteiger partial charge in [0.1, 0.15) is 5.82 Å². The van der Waals surface area contributed by atoms with Crippen LogP contribution in [0.2, 0.25) is 0 Å². The Labute approximate surface area is 125 Å². The number of piperidine rings is 1. The molecular formula is C16H23FN2O2. The summed E-state index contributed by atoms with van der Waals surface area (Å²) in [5.74, 6) is -1.06. The Morgan fingerprint density at radius 1 is 1.57 bits per heavy atom. The summed E-state index contributed by atoms with van der Waals surface area (Å²) in [6.07, 6.45) is 5.97. The molecule has 116 valence electrons. The zero-order chi connectivity index (χ0) is 15.5. The molecule has 5 heteroatoms. The van der Waals surface area contributed by atoms with Crippen molar-refractivity contribution >= 4 is 5.97 Å². The second-order valence-electron chi connectivity index (χ2n) is 6.02. The molecule has 0 spiro atoms. The predicted octanol–water partition coefficient (Wildman–Crippen LogP) is 3.25. The van der Waals surface area contributed by atoms with Gasteiger partial charge in [0.2, 0.25) is 0 Å². The summed E-state index contributed by atoms with van der Waals surface area (Å²) in [6, 6.07) is 1.46. The van der Waals surface area contributed by atoms with Crippen LogP contribution in [-0.4, -0.2) is 34.0 Å². The lowest BCUT2D eigenvalue weighted by molar-refractivity contribution is -0.154. The number of pyridine rings is 1. The van der Waals surface area contributed by atoms with E-state index in [4.69, 9.17) is 0 Å². The van der Waals surface area contributed by atoms with Crippen LogP contribution in [0.25, 0.3) is 0 Å². The minimum Gasteiger partial charge on any atom is -0.481 e. The maximum absolute atomic E-state index is 13.3. The van der Waals surface area contributed by atoms with E-state index in [0.29, 0.717) is 13.0 Å². The highest BCUT2D eigenvalue weighted by Crippen LogP contribution is 2.38. The van der Waals surface area contributed by atoms with Crippen LogP contribution in [0.3, 0.4) is 0 Å². The van der Waals surface area contributed by atoms with Crippen molar-refractivity contribution in [2.45, 2.75) is 45.6 Å². The standard InChI is InChI=1S/C16H23FN2O2/c1-3-5-16(15(20)21)6-4-7-19(11-16)12(2)13-8-14(17)10-18-9-13/h8-10,12H,3-7,11H2,1-2H3,(H,20,21). The third-order valence-electron chi connectivity index (χ3n) is 4.54. The summed E-state index contributed by atoms with van der Waals surface area (Å²) in [5, 5.41) is 9.64. The summed E-state index contributed by atoms with van der Waals surface area (Å²) in [4.78, 5) is 17.8. The molecule has 1 aromatic heterocycles. The highest BCUT2D eigenvalue weighted by Gasteiger charge is 2.42. The smallest absolute Gasteiger partial charge is 0.310 e. The van der Waals surface area contributed by atoms with Crippen molar-refractivity contribution in [3.8, 4) is 0 Å². The molecule has 21 heavy (non-hydrogen) atoms. The number of rotatable bonds is 5. The van der Waals surface area contributed by atoms with Gasteiger partial charge in [-0.05, 0) is 44.4 Å². The van der Waals surface area contributed by atoms with E-state index in [1.54, 1.807) is 6.20 Å². The molecule has 0 aliphatic carbocycles. The summed E-state index contributed by atoms with van der Waals surface area (Å²) in [6.45, 7) is 5.37. The zero-order valence-corrected chi connectivity index (χ0v) is 12.7. The molecule has 4 nitrogen and oxygen atoms in total. The number of carbonyl (C=O) groups is 1. The van der Waals surface area contributed by atoms with Crippen LogP contribution in [0.1, 0.15) is 51.1 Å². The fourth-order valence-electron chi connectivity index (χ4n) is 3.33. The number of carboxylic acids is 1. The summed E-state index contributed by atoms with van der Waals surface area (Å²) >= 11 is 0. The van der Waals surface area contributed by atoms with Gasteiger partial charge in [0.05, 0.1) is 11.6 Å². The Hall–Kier alpha value is -1.49. The number of likely N-dealkylation sites (tertiary alicyclic amines) is 1. The first-order chi connectivity index (χ1) is 9.98. The number of aromatic nitrogens is 1. The molecule has 2 atom stereocenters. The van der Waals surface area contributed by atoms with E-state index in [2.05, 4.69) is 9.88 Å². The van der Waals surface area contributed by atoms with Crippen LogP contribution in [0.5, 0.6) is 0 Å². The van der Waals surface area contributed by atoms with Crippen molar-refractivity contribution in [3.05, 3.63) is 29.8 Å². The van der Waals surface area contributed by atoms with E-state index in [-0.39, 0.29) is 11.9 Å². The molecule has 1 fully saturated rings. The molecule has 1 N–H and O–H groups in total. The van der Waals surface area contributed by atoms with Gasteiger partial charge in [0, 0.05) is 18.8 Å². The zero-order valence-electron chi connectivity index (χ0n) is 12.7. The molecule has 0 saturated carbocycles. The molecule has 1 aromatic rings. The fraction of sp³-hybridized carbons (Fsp3) is 0.625. The lowest BCUT2D eigenvalue weighted by atomic mass is 9.76. The number of aliphatic carboxylic acids is 1. The number of carboxylic acid groups (broad SMARTS) is 1. The maximum atomic E-state index is 13.3. The molecule has 2 heterocycles. The topological polar surface area (TPSA) is 53.4 Å². The van der Waals surface area contributed by atoms with Gasteiger partial charge in [-0.2, -0.15) is 0 Å². The van der Waals surface area contributed by atoms with E-state index in [0.717, 1.165) is 31.4 Å². The summed E-state index contributed by atoms with van der Waals surface area (Å²) in [5.41, 5.74) is 0.134. The lowest BCUT2D eigenvalue weighted by Crippen LogP contribution is -2.48. The third-order valence-corrected chi connectivity index (χ3v) is 4.54. The molecule has 1 aliphatic rings. The van der Waals surface area contributed by atoms with Crippen molar-refractivity contribution < 1.29 is 14.3 Å². The molecule has 0 amide bonds. The molecule has 0 aromatic carbocycles. The molecule has 0 radical (unpaired) electrons. The van der Waals surface area contributed by atoms with Crippen molar-refractivity contribution in [2.75, 3.05) is 13.1 Å². The Morgan fingerprint density at radius 3 is 2.95 bits per heavy atom. The van der Waals surface area contributed by atoms with E-state index >= 15 is 0 Å². The highest BCUT2D eigenvalue weighted by atomic mass is 19.1. The first-order valence-corrected chi connectivity index (χ1v) is 7.56. The number of hydrogen-bond donors (Lipinski definition) is 1. The van der Waals surface area contributed by atoms with Gasteiger partial charge >= 0.3 is 5.97 Å². The maximum Gasteiger partial charge on any atom is 0.310 e.